The van der Waals surface area contributed by atoms with E-state index >= 15 is 0 Å². The Morgan fingerprint density at radius 3 is 2.77 bits per heavy atom. The van der Waals surface area contributed by atoms with Crippen LogP contribution < -0.4 is 0 Å². The summed E-state index contributed by atoms with van der Waals surface area (Å²) in [5.41, 5.74) is 3.78. The number of imidazole rings is 1. The molecule has 0 N–H and O–H groups in total. The third kappa shape index (κ3) is 3.34. The van der Waals surface area contributed by atoms with Gasteiger partial charge in [0.15, 0.2) is 12.1 Å². The van der Waals surface area contributed by atoms with Crippen molar-refractivity contribution in [2.45, 2.75) is 25.5 Å². The molecule has 1 aliphatic rings. The molecule has 7 nitrogen and oxygen atoms in total. The van der Waals surface area contributed by atoms with E-state index in [0.717, 1.165) is 58.4 Å². The molecule has 8 heteroatoms. The summed E-state index contributed by atoms with van der Waals surface area (Å²) in [5.74, 6) is 0.672. The molecular formula is C23H20N6OS. The average molecular weight is 429 g/mol. The lowest BCUT2D eigenvalue weighted by Crippen LogP contribution is -2.18. The number of ether oxygens (including phenoxy) is 1. The summed E-state index contributed by atoms with van der Waals surface area (Å²) in [4.78, 5) is 15.1. The first-order chi connectivity index (χ1) is 15.4. The van der Waals surface area contributed by atoms with Crippen LogP contribution in [0.25, 0.3) is 38.3 Å². The van der Waals surface area contributed by atoms with E-state index in [4.69, 9.17) is 14.8 Å². The van der Waals surface area contributed by atoms with Gasteiger partial charge in [0, 0.05) is 18.4 Å². The van der Waals surface area contributed by atoms with Crippen LogP contribution in [0, 0.1) is 0 Å². The molecule has 0 amide bonds. The van der Waals surface area contributed by atoms with Crippen LogP contribution in [0.1, 0.15) is 25.5 Å². The standard InChI is InChI=1S/C23H20N6OS/c1-2-8-16(9-3-1)20-21(22-25-15-29(27-22)19-11-5-7-13-30-19)31-23(26-20)17-14-24-18-10-4-6-12-28(17)18/h1-4,6,8-10,12,14-15,19H,5,7,11,13H2. The van der Waals surface area contributed by atoms with Crippen molar-refractivity contribution in [1.29, 1.82) is 0 Å². The second-order valence-corrected chi connectivity index (χ2v) is 8.50. The molecule has 6 rings (SSSR count). The fraction of sp³-hybridized carbons (Fsp3) is 0.217. The van der Waals surface area contributed by atoms with Gasteiger partial charge in [-0.25, -0.2) is 19.6 Å². The third-order valence-corrected chi connectivity index (χ3v) is 6.55. The van der Waals surface area contributed by atoms with Crippen LogP contribution in [-0.2, 0) is 4.74 Å². The molecule has 1 fully saturated rings. The summed E-state index contributed by atoms with van der Waals surface area (Å²) < 4.78 is 9.78. The molecule has 0 spiro atoms. The van der Waals surface area contributed by atoms with Gasteiger partial charge in [-0.15, -0.1) is 16.4 Å². The zero-order valence-corrected chi connectivity index (χ0v) is 17.6. The summed E-state index contributed by atoms with van der Waals surface area (Å²) in [5, 5.41) is 5.66. The van der Waals surface area contributed by atoms with E-state index in [1.807, 2.05) is 53.5 Å². The number of benzene rings is 1. The summed E-state index contributed by atoms with van der Waals surface area (Å²) in [6.07, 6.45) is 8.82. The Bertz CT molecular complexity index is 1330. The second kappa shape index (κ2) is 7.72. The molecule has 1 aliphatic heterocycles. The van der Waals surface area contributed by atoms with Gasteiger partial charge in [0.2, 0.25) is 0 Å². The van der Waals surface area contributed by atoms with Crippen molar-refractivity contribution in [2.24, 2.45) is 0 Å². The number of fused-ring (bicyclic) bond motifs is 1. The minimum atomic E-state index is -0.0404. The number of hydrogen-bond acceptors (Lipinski definition) is 6. The first-order valence-electron chi connectivity index (χ1n) is 10.4. The van der Waals surface area contributed by atoms with Crippen molar-refractivity contribution >= 4 is 17.0 Å². The summed E-state index contributed by atoms with van der Waals surface area (Å²) in [6.45, 7) is 0.772. The van der Waals surface area contributed by atoms with E-state index in [9.17, 15) is 0 Å². The number of thiazole rings is 1. The Balaban J connectivity index is 1.47. The van der Waals surface area contributed by atoms with Gasteiger partial charge in [0.25, 0.3) is 0 Å². The van der Waals surface area contributed by atoms with E-state index in [0.29, 0.717) is 5.82 Å². The van der Waals surface area contributed by atoms with Crippen molar-refractivity contribution in [3.05, 3.63) is 67.3 Å². The summed E-state index contributed by atoms with van der Waals surface area (Å²) in [7, 11) is 0. The molecule has 0 saturated carbocycles. The molecule has 154 valence electrons. The van der Waals surface area contributed by atoms with E-state index in [2.05, 4.69) is 26.5 Å². The van der Waals surface area contributed by atoms with Crippen LogP contribution in [0.15, 0.2) is 67.3 Å². The maximum Gasteiger partial charge on any atom is 0.193 e. The molecule has 0 aliphatic carbocycles. The molecule has 31 heavy (non-hydrogen) atoms. The first-order valence-corrected chi connectivity index (χ1v) is 11.2. The second-order valence-electron chi connectivity index (χ2n) is 7.50. The highest BCUT2D eigenvalue weighted by molar-refractivity contribution is 7.18. The predicted octanol–water partition coefficient (Wildman–Crippen LogP) is 5.08. The van der Waals surface area contributed by atoms with Gasteiger partial charge in [0.05, 0.1) is 11.9 Å². The Morgan fingerprint density at radius 1 is 1.00 bits per heavy atom. The van der Waals surface area contributed by atoms with E-state index in [-0.39, 0.29) is 6.23 Å². The van der Waals surface area contributed by atoms with Gasteiger partial charge in [-0.1, -0.05) is 36.4 Å². The van der Waals surface area contributed by atoms with Crippen molar-refractivity contribution in [3.8, 4) is 32.7 Å². The smallest absolute Gasteiger partial charge is 0.193 e. The van der Waals surface area contributed by atoms with Crippen LogP contribution in [0.3, 0.4) is 0 Å². The predicted molar refractivity (Wildman–Crippen MR) is 120 cm³/mol. The number of rotatable bonds is 4. The van der Waals surface area contributed by atoms with Crippen LogP contribution in [-0.4, -0.2) is 35.7 Å². The largest absolute Gasteiger partial charge is 0.356 e. The number of aromatic nitrogens is 6. The van der Waals surface area contributed by atoms with Crippen molar-refractivity contribution in [1.82, 2.24) is 29.1 Å². The molecule has 1 unspecified atom stereocenters. The highest BCUT2D eigenvalue weighted by atomic mass is 32.1. The minimum absolute atomic E-state index is 0.0404. The van der Waals surface area contributed by atoms with Gasteiger partial charge in [-0.3, -0.25) is 4.40 Å². The average Bonchev–Trinajstić information content (AvgIpc) is 3.57. The minimum Gasteiger partial charge on any atom is -0.356 e. The summed E-state index contributed by atoms with van der Waals surface area (Å²) >= 11 is 1.59. The zero-order chi connectivity index (χ0) is 20.6. The van der Waals surface area contributed by atoms with Gasteiger partial charge < -0.3 is 4.74 Å². The number of hydrogen-bond donors (Lipinski definition) is 0. The zero-order valence-electron chi connectivity index (χ0n) is 16.8. The molecule has 0 bridgehead atoms. The Kier molecular flexibility index (Phi) is 4.58. The number of pyridine rings is 1. The van der Waals surface area contributed by atoms with Crippen molar-refractivity contribution in [3.63, 3.8) is 0 Å². The molecular weight excluding hydrogens is 408 g/mol. The Labute approximate surface area is 183 Å². The quantitative estimate of drug-likeness (QED) is 0.399. The SMILES string of the molecule is c1ccc(-c2nc(-c3cnc4ccccn34)sc2-c2ncn(C3CCCCO3)n2)cc1. The normalized spacial score (nSPS) is 16.7. The fourth-order valence-corrected chi connectivity index (χ4v) is 4.94. The topological polar surface area (TPSA) is 70.1 Å². The summed E-state index contributed by atoms with van der Waals surface area (Å²) in [6, 6.07) is 16.2. The highest BCUT2D eigenvalue weighted by Gasteiger charge is 2.23. The van der Waals surface area contributed by atoms with E-state index in [1.165, 1.54) is 0 Å². The maximum atomic E-state index is 5.88. The number of nitrogens with zero attached hydrogens (tertiary/aromatic N) is 6. The molecule has 4 aromatic heterocycles. The van der Waals surface area contributed by atoms with Crippen molar-refractivity contribution in [2.75, 3.05) is 6.61 Å². The van der Waals surface area contributed by atoms with Crippen molar-refractivity contribution < 1.29 is 4.74 Å². The van der Waals surface area contributed by atoms with Gasteiger partial charge >= 0.3 is 0 Å². The molecule has 1 atom stereocenters. The van der Waals surface area contributed by atoms with Crippen LogP contribution in [0.2, 0.25) is 0 Å². The lowest BCUT2D eigenvalue weighted by Gasteiger charge is -2.21. The maximum absolute atomic E-state index is 5.88. The Morgan fingerprint density at radius 2 is 1.90 bits per heavy atom. The van der Waals surface area contributed by atoms with E-state index < -0.39 is 0 Å². The highest BCUT2D eigenvalue weighted by Crippen LogP contribution is 2.39. The molecule has 1 aromatic carbocycles. The molecule has 5 heterocycles. The first kappa shape index (κ1) is 18.4. The van der Waals surface area contributed by atoms with Gasteiger partial charge in [-0.2, -0.15) is 0 Å². The van der Waals surface area contributed by atoms with Crippen LogP contribution in [0.4, 0.5) is 0 Å². The molecule has 5 aromatic rings. The van der Waals surface area contributed by atoms with Gasteiger partial charge in [0.1, 0.15) is 27.6 Å². The molecule has 1 saturated heterocycles. The molecule has 0 radical (unpaired) electrons. The lowest BCUT2D eigenvalue weighted by atomic mass is 10.1. The Hall–Kier alpha value is -3.36. The van der Waals surface area contributed by atoms with Gasteiger partial charge in [-0.05, 0) is 31.4 Å². The fourth-order valence-electron chi connectivity index (χ4n) is 3.91. The van der Waals surface area contributed by atoms with E-state index in [1.54, 1.807) is 17.7 Å². The monoisotopic (exact) mass is 428 g/mol. The van der Waals surface area contributed by atoms with Crippen LogP contribution in [0.5, 0.6) is 0 Å². The van der Waals surface area contributed by atoms with Crippen LogP contribution >= 0.6 is 11.3 Å². The third-order valence-electron chi connectivity index (χ3n) is 5.47. The lowest BCUT2D eigenvalue weighted by molar-refractivity contribution is -0.0395.